The zero-order valence-corrected chi connectivity index (χ0v) is 21.3. The molecule has 2 heterocycles. The maximum absolute atomic E-state index is 13.6. The lowest BCUT2D eigenvalue weighted by atomic mass is 9.85. The summed E-state index contributed by atoms with van der Waals surface area (Å²) in [5, 5.41) is 9.52. The minimum Gasteiger partial charge on any atom is -0.477 e. The Morgan fingerprint density at radius 1 is 1.18 bits per heavy atom. The number of benzene rings is 1. The normalized spacial score (nSPS) is 12.1. The van der Waals surface area contributed by atoms with Crippen molar-refractivity contribution in [1.82, 2.24) is 15.0 Å². The third kappa shape index (κ3) is 6.82. The van der Waals surface area contributed by atoms with Crippen LogP contribution in [0, 0.1) is 29.5 Å². The van der Waals surface area contributed by atoms with Gasteiger partial charge in [0, 0.05) is 23.9 Å². The van der Waals surface area contributed by atoms with Crippen LogP contribution in [0.4, 0.5) is 19.1 Å². The maximum Gasteiger partial charge on any atom is 0.280 e. The van der Waals surface area contributed by atoms with Crippen LogP contribution in [-0.2, 0) is 0 Å². The molecule has 0 radical (unpaired) electrons. The van der Waals surface area contributed by atoms with E-state index < -0.39 is 23.4 Å². The lowest BCUT2D eigenvalue weighted by Gasteiger charge is -2.18. The van der Waals surface area contributed by atoms with Gasteiger partial charge in [-0.2, -0.15) is 10.2 Å². The molecule has 0 fully saturated rings. The second-order valence-corrected chi connectivity index (χ2v) is 8.87. The summed E-state index contributed by atoms with van der Waals surface area (Å²) in [7, 11) is 0. The van der Waals surface area contributed by atoms with E-state index in [2.05, 4.69) is 32.7 Å². The smallest absolute Gasteiger partial charge is 0.280 e. The van der Waals surface area contributed by atoms with Crippen LogP contribution in [-0.4, -0.2) is 28.3 Å². The van der Waals surface area contributed by atoms with Crippen LogP contribution in [0.1, 0.15) is 38.1 Å². The van der Waals surface area contributed by atoms with Crippen LogP contribution in [0.5, 0.6) is 5.88 Å². The fourth-order valence-electron chi connectivity index (χ4n) is 3.69. The molecule has 3 rings (SSSR count). The summed E-state index contributed by atoms with van der Waals surface area (Å²) in [6.45, 7) is 8.69. The van der Waals surface area contributed by atoms with E-state index in [0.29, 0.717) is 34.5 Å². The van der Waals surface area contributed by atoms with Gasteiger partial charge in [0.05, 0.1) is 29.3 Å². The van der Waals surface area contributed by atoms with E-state index >= 15 is 0 Å². The van der Waals surface area contributed by atoms with Crippen molar-refractivity contribution in [2.75, 3.05) is 12.3 Å². The molecule has 0 aliphatic carbocycles. The molecule has 0 unspecified atom stereocenters. The fourth-order valence-corrected chi connectivity index (χ4v) is 3.69. The average Bonchev–Trinajstić information content (AvgIpc) is 2.87. The lowest BCUT2D eigenvalue weighted by Crippen LogP contribution is -2.11. The third-order valence-electron chi connectivity index (χ3n) is 5.58. The van der Waals surface area contributed by atoms with E-state index in [4.69, 9.17) is 10.5 Å². The van der Waals surface area contributed by atoms with E-state index in [-0.39, 0.29) is 18.4 Å². The topological polar surface area (TPSA) is 110 Å². The first-order valence-corrected chi connectivity index (χ1v) is 11.6. The average molecular weight is 521 g/mol. The first-order valence-electron chi connectivity index (χ1n) is 11.6. The molecule has 7 nitrogen and oxygen atoms in total. The Morgan fingerprint density at radius 2 is 1.89 bits per heavy atom. The van der Waals surface area contributed by atoms with E-state index in [1.807, 2.05) is 6.08 Å². The molecule has 10 heteroatoms. The van der Waals surface area contributed by atoms with Gasteiger partial charge in [0.2, 0.25) is 11.8 Å². The first-order chi connectivity index (χ1) is 18.1. The van der Waals surface area contributed by atoms with Gasteiger partial charge in [-0.15, -0.1) is 0 Å². The Labute approximate surface area is 219 Å². The number of aromatic nitrogens is 3. The van der Waals surface area contributed by atoms with Gasteiger partial charge in [-0.05, 0) is 81.1 Å². The first kappa shape index (κ1) is 28.1. The Morgan fingerprint density at radius 3 is 2.53 bits per heavy atom. The summed E-state index contributed by atoms with van der Waals surface area (Å²) in [6.07, 6.45) is 2.61. The molecule has 2 aromatic heterocycles. The number of anilines is 1. The molecule has 1 aromatic carbocycles. The lowest BCUT2D eigenvalue weighted by molar-refractivity contribution is 0.146. The number of nitrogens with two attached hydrogens (primary N) is 1. The van der Waals surface area contributed by atoms with Crippen LogP contribution in [0.25, 0.3) is 22.4 Å². The van der Waals surface area contributed by atoms with E-state index in [9.17, 15) is 18.4 Å². The third-order valence-corrected chi connectivity index (χ3v) is 5.58. The fraction of sp³-hybridized carbons (Fsp3) is 0.250. The number of aliphatic imine (C=N–C) groups is 1. The van der Waals surface area contributed by atoms with Crippen molar-refractivity contribution in [2.24, 2.45) is 10.4 Å². The summed E-state index contributed by atoms with van der Waals surface area (Å²) in [6, 6.07) is 10.6. The van der Waals surface area contributed by atoms with Gasteiger partial charge in [0.1, 0.15) is 11.5 Å². The molecule has 0 aliphatic rings. The second kappa shape index (κ2) is 12.1. The quantitative estimate of drug-likeness (QED) is 0.182. The molecule has 0 atom stereocenters. The van der Waals surface area contributed by atoms with Crippen molar-refractivity contribution in [1.29, 1.82) is 5.26 Å². The molecule has 0 amide bonds. The molecular formula is C28H27F3N6O. The van der Waals surface area contributed by atoms with E-state index in [1.54, 1.807) is 32.9 Å². The predicted molar refractivity (Wildman–Crippen MR) is 141 cm³/mol. The van der Waals surface area contributed by atoms with Crippen molar-refractivity contribution in [3.63, 3.8) is 0 Å². The van der Waals surface area contributed by atoms with E-state index in [1.165, 1.54) is 36.5 Å². The molecule has 0 spiro atoms. The molecular weight excluding hydrogens is 493 g/mol. The Kier molecular flexibility index (Phi) is 8.97. The van der Waals surface area contributed by atoms with Gasteiger partial charge in [-0.25, -0.2) is 18.2 Å². The molecule has 0 saturated heterocycles. The van der Waals surface area contributed by atoms with Crippen LogP contribution in [0.15, 0.2) is 65.3 Å². The Bertz CT molecular complexity index is 1410. The predicted octanol–water partition coefficient (Wildman–Crippen LogP) is 6.63. The van der Waals surface area contributed by atoms with Gasteiger partial charge in [0.25, 0.3) is 6.43 Å². The summed E-state index contributed by atoms with van der Waals surface area (Å²) < 4.78 is 46.8. The molecule has 196 valence electrons. The monoisotopic (exact) mass is 520 g/mol. The standard InChI is InChI=1S/C28H27F3N6O/c1-17-14-19(15-22(35-17)25(30)31)23-24(18-7-9-21(29)10-8-18)36-27(33)37-26(23)38-13-5-6-20(11-12-34-4)28(2,3)16-32/h6-12,14-15,25H,4-5,13H2,1-3H3,(H2,33,36,37)/b12-11-,20-6+. The van der Waals surface area contributed by atoms with E-state index in [0.717, 1.165) is 5.57 Å². The number of nitrogen functional groups attached to an aromatic ring is 1. The second-order valence-electron chi connectivity index (χ2n) is 8.87. The number of halogens is 3. The largest absolute Gasteiger partial charge is 0.477 e. The zero-order chi connectivity index (χ0) is 27.9. The van der Waals surface area contributed by atoms with Crippen LogP contribution in [0.3, 0.4) is 0 Å². The van der Waals surface area contributed by atoms with Crippen LogP contribution >= 0.6 is 0 Å². The van der Waals surface area contributed by atoms with Crippen molar-refractivity contribution in [2.45, 2.75) is 33.6 Å². The number of rotatable bonds is 10. The van der Waals surface area contributed by atoms with Crippen molar-refractivity contribution in [3.8, 4) is 34.3 Å². The van der Waals surface area contributed by atoms with Gasteiger partial charge >= 0.3 is 0 Å². The van der Waals surface area contributed by atoms with Crippen LogP contribution in [0.2, 0.25) is 0 Å². The van der Waals surface area contributed by atoms with Gasteiger partial charge in [-0.3, -0.25) is 9.98 Å². The van der Waals surface area contributed by atoms with Gasteiger partial charge in [0.15, 0.2) is 0 Å². The Hall–Kier alpha value is -4.52. The van der Waals surface area contributed by atoms with Gasteiger partial charge in [-0.1, -0.05) is 6.08 Å². The highest BCUT2D eigenvalue weighted by atomic mass is 19.3. The maximum atomic E-state index is 13.6. The molecule has 3 aromatic rings. The minimum atomic E-state index is -2.80. The molecule has 0 saturated carbocycles. The van der Waals surface area contributed by atoms with Gasteiger partial charge < -0.3 is 10.5 Å². The SMILES string of the molecule is C=N/C=C\C(=C/CCOc1nc(N)nc(-c2ccc(F)cc2)c1-c1cc(C)nc(C(F)F)c1)C(C)(C)C#N. The number of allylic oxidation sites excluding steroid dienone is 2. The minimum absolute atomic E-state index is 0.0698. The highest BCUT2D eigenvalue weighted by Gasteiger charge is 2.22. The number of nitriles is 1. The molecule has 2 N–H and O–H groups in total. The highest BCUT2D eigenvalue weighted by Crippen LogP contribution is 2.39. The van der Waals surface area contributed by atoms with Crippen molar-refractivity contribution in [3.05, 3.63) is 77.5 Å². The zero-order valence-electron chi connectivity index (χ0n) is 21.3. The molecule has 0 bridgehead atoms. The van der Waals surface area contributed by atoms with Crippen molar-refractivity contribution >= 4 is 12.7 Å². The van der Waals surface area contributed by atoms with Crippen LogP contribution < -0.4 is 10.5 Å². The summed E-state index contributed by atoms with van der Waals surface area (Å²) in [5.74, 6) is -0.484. The number of aryl methyl sites for hydroxylation is 1. The summed E-state index contributed by atoms with van der Waals surface area (Å²) >= 11 is 0. The summed E-state index contributed by atoms with van der Waals surface area (Å²) in [4.78, 5) is 16.2. The van der Waals surface area contributed by atoms with Crippen molar-refractivity contribution < 1.29 is 17.9 Å². The number of hydrogen-bond acceptors (Lipinski definition) is 7. The highest BCUT2D eigenvalue weighted by molar-refractivity contribution is 5.85. The summed E-state index contributed by atoms with van der Waals surface area (Å²) in [5.41, 5.74) is 7.32. The number of nitrogens with zero attached hydrogens (tertiary/aromatic N) is 5. The Balaban J connectivity index is 2.08. The number of pyridine rings is 1. The molecule has 0 aliphatic heterocycles. The number of alkyl halides is 2. The number of hydrogen-bond donors (Lipinski definition) is 1. The molecule has 38 heavy (non-hydrogen) atoms. The number of ether oxygens (including phenoxy) is 1.